The molecule has 0 radical (unpaired) electrons. The number of carboxylic acid groups (broad SMARTS) is 1. The van der Waals surface area contributed by atoms with Crippen molar-refractivity contribution in [2.24, 2.45) is 7.05 Å². The van der Waals surface area contributed by atoms with Gasteiger partial charge >= 0.3 is 5.97 Å². The first-order valence-electron chi connectivity index (χ1n) is 5.99. The Balaban J connectivity index is 2.06. The second-order valence-electron chi connectivity index (χ2n) is 4.37. The van der Waals surface area contributed by atoms with Crippen LogP contribution in [0.4, 0.5) is 0 Å². The van der Waals surface area contributed by atoms with Crippen molar-refractivity contribution in [2.45, 2.75) is 13.5 Å². The average molecular weight is 289 g/mol. The molecule has 3 heterocycles. The van der Waals surface area contributed by atoms with Crippen LogP contribution >= 0.6 is 0 Å². The monoisotopic (exact) mass is 289 g/mol. The third-order valence-corrected chi connectivity index (χ3v) is 2.77. The maximum absolute atomic E-state index is 11.3. The first-order valence-corrected chi connectivity index (χ1v) is 5.99. The lowest BCUT2D eigenvalue weighted by Gasteiger charge is -2.02. The predicted octanol–water partition coefficient (Wildman–Crippen LogP) is 0.117. The first-order chi connectivity index (χ1) is 10.0. The van der Waals surface area contributed by atoms with Crippen molar-refractivity contribution >= 4 is 5.97 Å². The summed E-state index contributed by atoms with van der Waals surface area (Å²) >= 11 is 0. The summed E-state index contributed by atoms with van der Waals surface area (Å²) in [4.78, 5) is 11.3. The molecule has 0 aliphatic heterocycles. The molecule has 3 rings (SSSR count). The number of carboxylic acids is 1. The van der Waals surface area contributed by atoms with Gasteiger partial charge in [-0.15, -0.1) is 15.3 Å². The lowest BCUT2D eigenvalue weighted by atomic mass is 10.2. The van der Waals surface area contributed by atoms with Gasteiger partial charge in [-0.25, -0.2) is 9.48 Å². The molecule has 10 heteroatoms. The van der Waals surface area contributed by atoms with Gasteiger partial charge in [0.2, 0.25) is 11.8 Å². The lowest BCUT2D eigenvalue weighted by molar-refractivity contribution is 0.0691. The lowest BCUT2D eigenvalue weighted by Crippen LogP contribution is -2.06. The maximum Gasteiger partial charge on any atom is 0.358 e. The van der Waals surface area contributed by atoms with Gasteiger partial charge in [-0.2, -0.15) is 5.10 Å². The average Bonchev–Trinajstić information content (AvgIpc) is 3.10. The van der Waals surface area contributed by atoms with Crippen LogP contribution in [-0.4, -0.2) is 46.0 Å². The van der Waals surface area contributed by atoms with E-state index in [4.69, 9.17) is 4.42 Å². The topological polar surface area (TPSA) is 125 Å². The highest BCUT2D eigenvalue weighted by molar-refractivity contribution is 5.92. The van der Waals surface area contributed by atoms with Crippen LogP contribution in [0.25, 0.3) is 11.3 Å². The van der Waals surface area contributed by atoms with E-state index in [2.05, 4.69) is 25.6 Å². The highest BCUT2D eigenvalue weighted by Gasteiger charge is 2.22. The molecule has 0 aliphatic carbocycles. The zero-order valence-corrected chi connectivity index (χ0v) is 11.3. The van der Waals surface area contributed by atoms with Crippen LogP contribution in [0.1, 0.15) is 22.3 Å². The van der Waals surface area contributed by atoms with Crippen LogP contribution in [0, 0.1) is 6.92 Å². The van der Waals surface area contributed by atoms with E-state index < -0.39 is 5.97 Å². The Bertz CT molecular complexity index is 800. The number of aromatic nitrogens is 7. The fourth-order valence-electron chi connectivity index (χ4n) is 1.93. The quantitative estimate of drug-likeness (QED) is 0.717. The van der Waals surface area contributed by atoms with Gasteiger partial charge in [0.15, 0.2) is 5.69 Å². The number of aryl methyl sites for hydroxylation is 2. The molecule has 21 heavy (non-hydrogen) atoms. The van der Waals surface area contributed by atoms with Crippen molar-refractivity contribution in [1.82, 2.24) is 35.0 Å². The van der Waals surface area contributed by atoms with E-state index >= 15 is 0 Å². The van der Waals surface area contributed by atoms with Gasteiger partial charge in [-0.1, -0.05) is 5.21 Å². The Hall–Kier alpha value is -3.04. The van der Waals surface area contributed by atoms with Crippen molar-refractivity contribution in [3.63, 3.8) is 0 Å². The zero-order valence-electron chi connectivity index (χ0n) is 11.3. The van der Waals surface area contributed by atoms with Crippen LogP contribution in [-0.2, 0) is 13.6 Å². The minimum Gasteiger partial charge on any atom is -0.476 e. The molecule has 0 bridgehead atoms. The molecule has 0 aliphatic rings. The summed E-state index contributed by atoms with van der Waals surface area (Å²) in [6.45, 7) is 1.80. The van der Waals surface area contributed by atoms with E-state index in [-0.39, 0.29) is 12.2 Å². The van der Waals surface area contributed by atoms with Crippen LogP contribution in [0.15, 0.2) is 16.8 Å². The molecule has 3 aromatic rings. The molecule has 10 nitrogen and oxygen atoms in total. The molecule has 0 aromatic carbocycles. The Morgan fingerprint density at radius 3 is 2.76 bits per heavy atom. The minimum atomic E-state index is -1.16. The van der Waals surface area contributed by atoms with Gasteiger partial charge in [0.05, 0.1) is 6.20 Å². The molecule has 0 saturated carbocycles. The summed E-state index contributed by atoms with van der Waals surface area (Å²) in [7, 11) is 1.74. The van der Waals surface area contributed by atoms with Crippen molar-refractivity contribution in [3.05, 3.63) is 29.9 Å². The van der Waals surface area contributed by atoms with Gasteiger partial charge in [0, 0.05) is 25.7 Å². The molecule has 0 fully saturated rings. The van der Waals surface area contributed by atoms with Gasteiger partial charge in [-0.3, -0.25) is 4.68 Å². The third kappa shape index (κ3) is 2.38. The van der Waals surface area contributed by atoms with E-state index in [0.717, 1.165) is 0 Å². The number of aromatic carboxylic acids is 1. The molecule has 3 aromatic heterocycles. The van der Waals surface area contributed by atoms with Crippen molar-refractivity contribution < 1.29 is 14.3 Å². The summed E-state index contributed by atoms with van der Waals surface area (Å²) in [5, 5.41) is 28.4. The molecule has 0 unspecified atom stereocenters. The minimum absolute atomic E-state index is 0.130. The fourth-order valence-corrected chi connectivity index (χ4v) is 1.93. The van der Waals surface area contributed by atoms with Crippen molar-refractivity contribution in [1.29, 1.82) is 0 Å². The highest BCUT2D eigenvalue weighted by atomic mass is 16.4. The molecule has 108 valence electrons. The molecular weight excluding hydrogens is 278 g/mol. The largest absolute Gasteiger partial charge is 0.476 e. The summed E-state index contributed by atoms with van der Waals surface area (Å²) in [5.41, 5.74) is 0.779. The van der Waals surface area contributed by atoms with E-state index in [1.807, 2.05) is 0 Å². The number of nitrogens with zero attached hydrogens (tertiary/aromatic N) is 7. The summed E-state index contributed by atoms with van der Waals surface area (Å²) in [6, 6.07) is 0. The molecule has 0 spiro atoms. The summed E-state index contributed by atoms with van der Waals surface area (Å²) in [6.07, 6.45) is 3.22. The molecular formula is C11H11N7O3. The van der Waals surface area contributed by atoms with E-state index in [9.17, 15) is 9.90 Å². The second kappa shape index (κ2) is 4.81. The Kier molecular flexibility index (Phi) is 2.97. The number of rotatable bonds is 4. The Labute approximate surface area is 118 Å². The van der Waals surface area contributed by atoms with E-state index in [1.54, 1.807) is 31.0 Å². The molecule has 0 saturated heterocycles. The van der Waals surface area contributed by atoms with Gasteiger partial charge in [-0.05, 0) is 0 Å². The van der Waals surface area contributed by atoms with Gasteiger partial charge in [0.1, 0.15) is 12.2 Å². The standard InChI is InChI=1S/C11H11N7O3/c1-6-13-14-8(21-6)5-18-10(7-3-12-17(2)4-7)9(11(19)20)15-16-18/h3-4H,5H2,1-2H3,(H,19,20). The Morgan fingerprint density at radius 1 is 1.38 bits per heavy atom. The number of carbonyl (C=O) groups is 1. The number of hydrogen-bond donors (Lipinski definition) is 1. The predicted molar refractivity (Wildman–Crippen MR) is 67.3 cm³/mol. The van der Waals surface area contributed by atoms with Crippen LogP contribution in [0.2, 0.25) is 0 Å². The molecule has 0 atom stereocenters. The van der Waals surface area contributed by atoms with Crippen molar-refractivity contribution in [2.75, 3.05) is 0 Å². The normalized spacial score (nSPS) is 11.0. The van der Waals surface area contributed by atoms with Crippen LogP contribution < -0.4 is 0 Å². The fraction of sp³-hybridized carbons (Fsp3) is 0.273. The van der Waals surface area contributed by atoms with Crippen LogP contribution in [0.3, 0.4) is 0 Å². The van der Waals surface area contributed by atoms with Crippen molar-refractivity contribution in [3.8, 4) is 11.3 Å². The summed E-state index contributed by atoms with van der Waals surface area (Å²) < 4.78 is 8.24. The highest BCUT2D eigenvalue weighted by Crippen LogP contribution is 2.22. The second-order valence-corrected chi connectivity index (χ2v) is 4.37. The van der Waals surface area contributed by atoms with Gasteiger partial charge < -0.3 is 9.52 Å². The third-order valence-electron chi connectivity index (χ3n) is 2.77. The van der Waals surface area contributed by atoms with E-state index in [1.165, 1.54) is 4.68 Å². The SMILES string of the molecule is Cc1nnc(Cn2nnc(C(=O)O)c2-c2cnn(C)c2)o1. The maximum atomic E-state index is 11.3. The van der Waals surface area contributed by atoms with Gasteiger partial charge in [0.25, 0.3) is 0 Å². The summed E-state index contributed by atoms with van der Waals surface area (Å²) in [5.74, 6) is -0.423. The smallest absolute Gasteiger partial charge is 0.358 e. The molecule has 0 amide bonds. The first kappa shape index (κ1) is 13.0. The molecule has 1 N–H and O–H groups in total. The zero-order chi connectivity index (χ0) is 15.0. The Morgan fingerprint density at radius 2 is 2.19 bits per heavy atom. The van der Waals surface area contributed by atoms with Crippen LogP contribution in [0.5, 0.6) is 0 Å². The number of hydrogen-bond acceptors (Lipinski definition) is 7. The van der Waals surface area contributed by atoms with E-state index in [0.29, 0.717) is 23.0 Å².